The molecule has 0 saturated heterocycles. The number of halogens is 3. The summed E-state index contributed by atoms with van der Waals surface area (Å²) in [5.41, 5.74) is 1.59. The molecular formula is C13H19Br2ClS. The summed E-state index contributed by atoms with van der Waals surface area (Å²) in [6, 6.07) is 2.12. The van der Waals surface area contributed by atoms with Gasteiger partial charge in [-0.05, 0) is 67.7 Å². The fourth-order valence-electron chi connectivity index (χ4n) is 2.18. The molecule has 17 heavy (non-hydrogen) atoms. The first-order valence-corrected chi connectivity index (χ1v) is 8.62. The lowest BCUT2D eigenvalue weighted by Crippen LogP contribution is -2.12. The van der Waals surface area contributed by atoms with Crippen molar-refractivity contribution in [3.8, 4) is 0 Å². The highest BCUT2D eigenvalue weighted by Crippen LogP contribution is 2.41. The molecule has 2 unspecified atom stereocenters. The van der Waals surface area contributed by atoms with Crippen LogP contribution in [0, 0.1) is 11.3 Å². The monoisotopic (exact) mass is 400 g/mol. The van der Waals surface area contributed by atoms with Gasteiger partial charge >= 0.3 is 0 Å². The quantitative estimate of drug-likeness (QED) is 0.475. The van der Waals surface area contributed by atoms with Crippen LogP contribution in [0.4, 0.5) is 0 Å². The smallest absolute Gasteiger partial charge is 0.0757 e. The second kappa shape index (κ2) is 6.40. The van der Waals surface area contributed by atoms with E-state index in [-0.39, 0.29) is 5.38 Å². The summed E-state index contributed by atoms with van der Waals surface area (Å²) >= 11 is 15.3. The van der Waals surface area contributed by atoms with E-state index in [1.54, 1.807) is 11.3 Å². The van der Waals surface area contributed by atoms with Gasteiger partial charge in [0.05, 0.1) is 12.9 Å². The predicted octanol–water partition coefficient (Wildman–Crippen LogP) is 7.02. The Labute approximate surface area is 130 Å². The van der Waals surface area contributed by atoms with E-state index in [1.807, 2.05) is 0 Å². The normalized spacial score (nSPS) is 15.9. The van der Waals surface area contributed by atoms with Crippen molar-refractivity contribution in [2.24, 2.45) is 11.3 Å². The van der Waals surface area contributed by atoms with E-state index in [1.165, 1.54) is 12.0 Å². The molecule has 4 heteroatoms. The van der Waals surface area contributed by atoms with E-state index < -0.39 is 0 Å². The first-order chi connectivity index (χ1) is 7.69. The molecule has 0 aromatic carbocycles. The van der Waals surface area contributed by atoms with Crippen LogP contribution in [0.15, 0.2) is 13.6 Å². The lowest BCUT2D eigenvalue weighted by Gasteiger charge is -2.24. The average molecular weight is 403 g/mol. The van der Waals surface area contributed by atoms with Crippen molar-refractivity contribution in [2.45, 2.75) is 45.9 Å². The van der Waals surface area contributed by atoms with Crippen molar-refractivity contribution in [1.29, 1.82) is 0 Å². The number of thiophene rings is 1. The molecule has 0 amide bonds. The Morgan fingerprint density at radius 2 is 1.94 bits per heavy atom. The molecule has 0 N–H and O–H groups in total. The van der Waals surface area contributed by atoms with E-state index in [2.05, 4.69) is 65.6 Å². The standard InChI is InChI=1S/C13H19Br2ClS/c1-8(7-13(2,3)4)5-10(16)9-6-11(14)17-12(9)15/h6,8,10H,5,7H2,1-4H3. The summed E-state index contributed by atoms with van der Waals surface area (Å²) in [5.74, 6) is 0.642. The Hall–Kier alpha value is 0.950. The Balaban J connectivity index is 2.60. The van der Waals surface area contributed by atoms with Gasteiger partial charge in [0.25, 0.3) is 0 Å². The van der Waals surface area contributed by atoms with E-state index in [4.69, 9.17) is 11.6 Å². The average Bonchev–Trinajstić information content (AvgIpc) is 2.41. The van der Waals surface area contributed by atoms with Crippen molar-refractivity contribution in [3.05, 3.63) is 19.2 Å². The number of hydrogen-bond donors (Lipinski definition) is 0. The van der Waals surface area contributed by atoms with E-state index in [9.17, 15) is 0 Å². The van der Waals surface area contributed by atoms with Gasteiger partial charge < -0.3 is 0 Å². The summed E-state index contributed by atoms with van der Waals surface area (Å²) in [6.07, 6.45) is 2.24. The zero-order valence-electron chi connectivity index (χ0n) is 10.7. The first kappa shape index (κ1) is 16.0. The third-order valence-electron chi connectivity index (χ3n) is 2.59. The molecule has 0 aliphatic heterocycles. The molecule has 0 aliphatic rings. The Kier molecular flexibility index (Phi) is 6.03. The number of hydrogen-bond acceptors (Lipinski definition) is 1. The van der Waals surface area contributed by atoms with Crippen LogP contribution >= 0.6 is 54.8 Å². The molecule has 0 spiro atoms. The summed E-state index contributed by atoms with van der Waals surface area (Å²) in [6.45, 7) is 9.13. The zero-order chi connectivity index (χ0) is 13.2. The van der Waals surface area contributed by atoms with Crippen LogP contribution < -0.4 is 0 Å². The minimum atomic E-state index is 0.101. The molecule has 1 rings (SSSR count). The Bertz CT molecular complexity index is 368. The first-order valence-electron chi connectivity index (χ1n) is 5.78. The third kappa shape index (κ3) is 5.63. The molecule has 0 bridgehead atoms. The zero-order valence-corrected chi connectivity index (χ0v) is 15.4. The maximum atomic E-state index is 6.50. The van der Waals surface area contributed by atoms with Crippen molar-refractivity contribution in [2.75, 3.05) is 0 Å². The van der Waals surface area contributed by atoms with Crippen molar-refractivity contribution in [3.63, 3.8) is 0 Å². The van der Waals surface area contributed by atoms with Crippen LogP contribution in [-0.2, 0) is 0 Å². The van der Waals surface area contributed by atoms with Crippen LogP contribution in [0.2, 0.25) is 0 Å². The van der Waals surface area contributed by atoms with Gasteiger partial charge in [-0.2, -0.15) is 0 Å². The molecule has 2 atom stereocenters. The Morgan fingerprint density at radius 1 is 1.35 bits per heavy atom. The van der Waals surface area contributed by atoms with E-state index >= 15 is 0 Å². The maximum Gasteiger partial charge on any atom is 0.0757 e. The largest absolute Gasteiger partial charge is 0.121 e. The Morgan fingerprint density at radius 3 is 2.35 bits per heavy atom. The lowest BCUT2D eigenvalue weighted by molar-refractivity contribution is 0.295. The highest BCUT2D eigenvalue weighted by atomic mass is 79.9. The van der Waals surface area contributed by atoms with Gasteiger partial charge in [-0.3, -0.25) is 0 Å². The molecule has 1 aromatic heterocycles. The molecule has 0 fully saturated rings. The summed E-state index contributed by atoms with van der Waals surface area (Å²) < 4.78 is 2.28. The molecule has 0 saturated carbocycles. The number of alkyl halides is 1. The highest BCUT2D eigenvalue weighted by Gasteiger charge is 2.21. The molecule has 1 aromatic rings. The SMILES string of the molecule is CC(CC(Cl)c1cc(Br)sc1Br)CC(C)(C)C. The predicted molar refractivity (Wildman–Crippen MR) is 86.2 cm³/mol. The second-order valence-electron chi connectivity index (χ2n) is 5.85. The highest BCUT2D eigenvalue weighted by molar-refractivity contribution is 9.12. The van der Waals surface area contributed by atoms with Crippen LogP contribution in [0.25, 0.3) is 0 Å². The molecular weight excluding hydrogens is 383 g/mol. The summed E-state index contributed by atoms with van der Waals surface area (Å²) in [4.78, 5) is 0. The minimum Gasteiger partial charge on any atom is -0.121 e. The van der Waals surface area contributed by atoms with Crippen molar-refractivity contribution < 1.29 is 0 Å². The second-order valence-corrected chi connectivity index (χ2v) is 10.1. The fourth-order valence-corrected chi connectivity index (χ4v) is 5.82. The van der Waals surface area contributed by atoms with Gasteiger partial charge in [-0.15, -0.1) is 22.9 Å². The van der Waals surface area contributed by atoms with Gasteiger partial charge in [-0.1, -0.05) is 27.7 Å². The molecule has 0 nitrogen and oxygen atoms in total. The van der Waals surface area contributed by atoms with Gasteiger partial charge in [0.2, 0.25) is 0 Å². The van der Waals surface area contributed by atoms with Gasteiger partial charge in [0, 0.05) is 0 Å². The topological polar surface area (TPSA) is 0 Å². The molecule has 98 valence electrons. The maximum absolute atomic E-state index is 6.50. The van der Waals surface area contributed by atoms with Crippen LogP contribution in [0.1, 0.15) is 51.5 Å². The summed E-state index contributed by atoms with van der Waals surface area (Å²) in [7, 11) is 0. The van der Waals surface area contributed by atoms with Crippen LogP contribution in [0.5, 0.6) is 0 Å². The molecule has 0 aliphatic carbocycles. The van der Waals surface area contributed by atoms with Crippen LogP contribution in [-0.4, -0.2) is 0 Å². The van der Waals surface area contributed by atoms with Crippen molar-refractivity contribution in [1.82, 2.24) is 0 Å². The van der Waals surface area contributed by atoms with Gasteiger partial charge in [0.1, 0.15) is 0 Å². The minimum absolute atomic E-state index is 0.101. The number of rotatable bonds is 4. The van der Waals surface area contributed by atoms with Gasteiger partial charge in [0.15, 0.2) is 0 Å². The van der Waals surface area contributed by atoms with Gasteiger partial charge in [-0.25, -0.2) is 0 Å². The molecule has 1 heterocycles. The molecule has 0 radical (unpaired) electrons. The fraction of sp³-hybridized carbons (Fsp3) is 0.692. The lowest BCUT2D eigenvalue weighted by atomic mass is 9.83. The van der Waals surface area contributed by atoms with E-state index in [0.29, 0.717) is 11.3 Å². The van der Waals surface area contributed by atoms with E-state index in [0.717, 1.165) is 14.0 Å². The summed E-state index contributed by atoms with van der Waals surface area (Å²) in [5, 5.41) is 0.101. The third-order valence-corrected chi connectivity index (χ3v) is 5.39. The van der Waals surface area contributed by atoms with Crippen LogP contribution in [0.3, 0.4) is 0 Å². The van der Waals surface area contributed by atoms with Crippen molar-refractivity contribution >= 4 is 54.8 Å².